The third-order valence-electron chi connectivity index (χ3n) is 10.3. The van der Waals surface area contributed by atoms with Gasteiger partial charge in [0, 0.05) is 24.3 Å². The molecule has 0 bridgehead atoms. The highest BCUT2D eigenvalue weighted by Crippen LogP contribution is 2.50. The van der Waals surface area contributed by atoms with E-state index >= 15 is 0 Å². The lowest BCUT2D eigenvalue weighted by Gasteiger charge is -2.50. The van der Waals surface area contributed by atoms with E-state index in [-0.39, 0.29) is 22.7 Å². The Morgan fingerprint density at radius 1 is 0.944 bits per heavy atom. The Morgan fingerprint density at radius 2 is 1.61 bits per heavy atom. The zero-order valence-corrected chi connectivity index (χ0v) is 23.2. The van der Waals surface area contributed by atoms with Gasteiger partial charge in [0.05, 0.1) is 16.6 Å². The maximum atomic E-state index is 14.2. The third-order valence-corrected chi connectivity index (χ3v) is 10.3. The van der Waals surface area contributed by atoms with Gasteiger partial charge in [-0.05, 0) is 108 Å². The number of carbonyl (C=O) groups is 1. The van der Waals surface area contributed by atoms with E-state index in [4.69, 9.17) is 9.31 Å². The molecule has 36 heavy (non-hydrogen) atoms. The molecule has 0 aromatic heterocycles. The molecule has 0 atom stereocenters. The molecule has 1 aromatic carbocycles. The Hall–Kier alpha value is -1.41. The van der Waals surface area contributed by atoms with E-state index < -0.39 is 7.12 Å². The van der Waals surface area contributed by atoms with Crippen LogP contribution in [-0.4, -0.2) is 67.4 Å². The summed E-state index contributed by atoms with van der Waals surface area (Å²) in [4.78, 5) is 19.1. The Bertz CT molecular complexity index is 1030. The van der Waals surface area contributed by atoms with Gasteiger partial charge in [0.25, 0.3) is 0 Å². The molecule has 1 saturated carbocycles. The molecule has 1 aliphatic carbocycles. The summed E-state index contributed by atoms with van der Waals surface area (Å²) < 4.78 is 12.8. The largest absolute Gasteiger partial charge is 0.494 e. The van der Waals surface area contributed by atoms with Gasteiger partial charge in [0.15, 0.2) is 0 Å². The van der Waals surface area contributed by atoms with E-state index in [0.717, 1.165) is 49.9 Å². The fraction of sp³-hybridized carbons (Fsp3) is 0.759. The van der Waals surface area contributed by atoms with Gasteiger partial charge in [0.2, 0.25) is 5.91 Å². The predicted molar refractivity (Wildman–Crippen MR) is 145 cm³/mol. The molecule has 1 spiro atoms. The lowest BCUT2D eigenvalue weighted by molar-refractivity contribution is -0.125. The molecule has 3 saturated heterocycles. The third kappa shape index (κ3) is 3.79. The van der Waals surface area contributed by atoms with Gasteiger partial charge in [0.1, 0.15) is 0 Å². The first kappa shape index (κ1) is 24.9. The minimum Gasteiger partial charge on any atom is -0.399 e. The van der Waals surface area contributed by atoms with Crippen molar-refractivity contribution in [2.24, 2.45) is 5.41 Å². The number of nitrogens with one attached hydrogen (secondary N) is 1. The van der Waals surface area contributed by atoms with Gasteiger partial charge in [-0.2, -0.15) is 0 Å². The summed E-state index contributed by atoms with van der Waals surface area (Å²) in [5.74, 6) is 0.326. The normalized spacial score (nSPS) is 32.6. The molecule has 6 nitrogen and oxygen atoms in total. The fourth-order valence-corrected chi connectivity index (χ4v) is 7.28. The highest BCUT2D eigenvalue weighted by molar-refractivity contribution is 6.62. The van der Waals surface area contributed by atoms with E-state index in [1.165, 1.54) is 31.5 Å². The van der Waals surface area contributed by atoms with Crippen molar-refractivity contribution in [2.45, 2.75) is 109 Å². The second kappa shape index (κ2) is 8.30. The number of benzene rings is 1. The van der Waals surface area contributed by atoms with Crippen molar-refractivity contribution in [3.05, 3.63) is 23.8 Å². The summed E-state index contributed by atoms with van der Waals surface area (Å²) >= 11 is 0. The van der Waals surface area contributed by atoms with Gasteiger partial charge in [-0.25, -0.2) is 0 Å². The van der Waals surface area contributed by atoms with E-state index in [9.17, 15) is 4.79 Å². The summed E-state index contributed by atoms with van der Waals surface area (Å²) in [7, 11) is -0.411. The minimum atomic E-state index is -0.411. The van der Waals surface area contributed by atoms with Crippen molar-refractivity contribution in [1.29, 1.82) is 0 Å². The van der Waals surface area contributed by atoms with Gasteiger partial charge in [-0.15, -0.1) is 0 Å². The van der Waals surface area contributed by atoms with E-state index in [1.54, 1.807) is 0 Å². The smallest absolute Gasteiger partial charge is 0.399 e. The van der Waals surface area contributed by atoms with Crippen molar-refractivity contribution in [3.8, 4) is 0 Å². The summed E-state index contributed by atoms with van der Waals surface area (Å²) in [6.45, 7) is 17.3. The van der Waals surface area contributed by atoms with Crippen molar-refractivity contribution in [1.82, 2.24) is 10.2 Å². The molecule has 196 valence electrons. The Kier molecular flexibility index (Phi) is 5.74. The number of anilines is 1. The van der Waals surface area contributed by atoms with Crippen LogP contribution >= 0.6 is 0 Å². The second-order valence-electron chi connectivity index (χ2n) is 13.9. The first-order chi connectivity index (χ1) is 16.9. The summed E-state index contributed by atoms with van der Waals surface area (Å²) in [5.41, 5.74) is 2.60. The standard InChI is InChI=1S/C29H44BN3O3/c1-26(2)10-7-15-32(19-26)21-17-22(18-21)33-24-16-20(30-35-27(3,4)28(5,6)36-30)8-9-23(24)29(25(33)34)11-13-31-14-12-29/h8-9,16,21-22,31H,7,10-15,17-19H2,1-6H3. The van der Waals surface area contributed by atoms with E-state index in [1.807, 2.05) is 0 Å². The molecule has 4 aliphatic heterocycles. The number of hydrogen-bond donors (Lipinski definition) is 1. The zero-order chi connectivity index (χ0) is 25.5. The Labute approximate surface area is 217 Å². The molecular formula is C29H44BN3O3. The van der Waals surface area contributed by atoms with Crippen molar-refractivity contribution in [3.63, 3.8) is 0 Å². The number of piperidine rings is 2. The van der Waals surface area contributed by atoms with Crippen LogP contribution in [0.4, 0.5) is 5.69 Å². The van der Waals surface area contributed by atoms with Crippen LogP contribution in [0.25, 0.3) is 0 Å². The monoisotopic (exact) mass is 493 g/mol. The number of fused-ring (bicyclic) bond motifs is 2. The van der Waals surface area contributed by atoms with E-state index in [0.29, 0.717) is 17.4 Å². The van der Waals surface area contributed by atoms with Crippen LogP contribution in [0.1, 0.15) is 85.6 Å². The molecule has 1 aromatic rings. The van der Waals surface area contributed by atoms with Crippen LogP contribution in [0.5, 0.6) is 0 Å². The lowest BCUT2D eigenvalue weighted by atomic mass is 9.72. The van der Waals surface area contributed by atoms with Crippen LogP contribution in [0, 0.1) is 5.41 Å². The van der Waals surface area contributed by atoms with Crippen LogP contribution in [0.15, 0.2) is 18.2 Å². The molecule has 0 unspecified atom stereocenters. The SMILES string of the molecule is CC1(C)CCCN(C2CC(N3C(=O)C4(CCNCC4)c4ccc(B5OC(C)(C)C(C)(C)O5)cc43)C2)C1. The first-order valence-corrected chi connectivity index (χ1v) is 14.2. The zero-order valence-electron chi connectivity index (χ0n) is 23.2. The average Bonchev–Trinajstić information content (AvgIpc) is 3.14. The van der Waals surface area contributed by atoms with Crippen LogP contribution in [-0.2, 0) is 19.5 Å². The maximum Gasteiger partial charge on any atom is 0.494 e. The van der Waals surface area contributed by atoms with E-state index in [2.05, 4.69) is 74.9 Å². The molecule has 1 N–H and O–H groups in total. The molecule has 7 heteroatoms. The lowest BCUT2D eigenvalue weighted by Crippen LogP contribution is -2.59. The Morgan fingerprint density at radius 3 is 2.25 bits per heavy atom. The number of likely N-dealkylation sites (tertiary alicyclic amines) is 1. The van der Waals surface area contributed by atoms with Crippen molar-refractivity contribution >= 4 is 24.2 Å². The number of amides is 1. The van der Waals surface area contributed by atoms with Crippen LogP contribution in [0.2, 0.25) is 0 Å². The molecule has 5 aliphatic rings. The Balaban J connectivity index is 1.29. The molecule has 1 amide bonds. The molecular weight excluding hydrogens is 449 g/mol. The quantitative estimate of drug-likeness (QED) is 0.653. The van der Waals surface area contributed by atoms with Gasteiger partial charge >= 0.3 is 7.12 Å². The second-order valence-corrected chi connectivity index (χ2v) is 13.9. The molecule has 0 radical (unpaired) electrons. The van der Waals surface area contributed by atoms with Crippen LogP contribution < -0.4 is 15.7 Å². The van der Waals surface area contributed by atoms with Crippen molar-refractivity contribution in [2.75, 3.05) is 31.1 Å². The summed E-state index contributed by atoms with van der Waals surface area (Å²) in [6.07, 6.45) is 6.51. The summed E-state index contributed by atoms with van der Waals surface area (Å²) in [5, 5.41) is 3.47. The van der Waals surface area contributed by atoms with Crippen LogP contribution in [0.3, 0.4) is 0 Å². The van der Waals surface area contributed by atoms with Crippen molar-refractivity contribution < 1.29 is 14.1 Å². The topological polar surface area (TPSA) is 54.0 Å². The molecule has 6 rings (SSSR count). The average molecular weight is 494 g/mol. The number of carbonyl (C=O) groups excluding carboxylic acids is 1. The van der Waals surface area contributed by atoms with Gasteiger partial charge in [-0.1, -0.05) is 26.0 Å². The van der Waals surface area contributed by atoms with Gasteiger partial charge in [-0.3, -0.25) is 9.69 Å². The maximum absolute atomic E-state index is 14.2. The predicted octanol–water partition coefficient (Wildman–Crippen LogP) is 3.61. The highest BCUT2D eigenvalue weighted by atomic mass is 16.7. The highest BCUT2D eigenvalue weighted by Gasteiger charge is 2.56. The number of nitrogens with zero attached hydrogens (tertiary/aromatic N) is 2. The number of hydrogen-bond acceptors (Lipinski definition) is 5. The van der Waals surface area contributed by atoms with Gasteiger partial charge < -0.3 is 19.5 Å². The molecule has 4 heterocycles. The molecule has 4 fully saturated rings. The first-order valence-electron chi connectivity index (χ1n) is 14.2. The number of rotatable bonds is 3. The summed E-state index contributed by atoms with van der Waals surface area (Å²) in [6, 6.07) is 7.45. The fourth-order valence-electron chi connectivity index (χ4n) is 7.28. The minimum absolute atomic E-state index is 0.286.